The van der Waals surface area contributed by atoms with Crippen LogP contribution in [-0.2, 0) is 4.79 Å². The fourth-order valence-corrected chi connectivity index (χ4v) is 2.45. The normalized spacial score (nSPS) is 30.3. The van der Waals surface area contributed by atoms with Crippen LogP contribution in [0.3, 0.4) is 0 Å². The molecule has 1 aliphatic carbocycles. The van der Waals surface area contributed by atoms with Gasteiger partial charge in [0, 0.05) is 0 Å². The van der Waals surface area contributed by atoms with Gasteiger partial charge in [0.2, 0.25) is 0 Å². The van der Waals surface area contributed by atoms with Crippen molar-refractivity contribution in [2.75, 3.05) is 14.1 Å². The van der Waals surface area contributed by atoms with Gasteiger partial charge in [-0.3, -0.25) is 9.69 Å². The Kier molecular flexibility index (Phi) is 3.93. The Morgan fingerprint density at radius 3 is 2.14 bits per heavy atom. The molecule has 0 saturated heterocycles. The monoisotopic (exact) mass is 199 g/mol. The van der Waals surface area contributed by atoms with Gasteiger partial charge >= 0.3 is 5.97 Å². The van der Waals surface area contributed by atoms with Crippen molar-refractivity contribution in [2.24, 2.45) is 11.8 Å². The van der Waals surface area contributed by atoms with Crippen molar-refractivity contribution in [3.8, 4) is 0 Å². The number of likely N-dealkylation sites (N-methyl/N-ethyl adjacent to an activating group) is 1. The molecule has 0 aromatic carbocycles. The molecule has 0 radical (unpaired) electrons. The number of rotatable bonds is 3. The van der Waals surface area contributed by atoms with Crippen LogP contribution in [0.4, 0.5) is 0 Å². The van der Waals surface area contributed by atoms with Crippen molar-refractivity contribution in [3.63, 3.8) is 0 Å². The van der Waals surface area contributed by atoms with Crippen molar-refractivity contribution >= 4 is 5.97 Å². The van der Waals surface area contributed by atoms with Crippen molar-refractivity contribution in [1.29, 1.82) is 0 Å². The first-order valence-electron chi connectivity index (χ1n) is 5.41. The lowest BCUT2D eigenvalue weighted by Gasteiger charge is -2.33. The van der Waals surface area contributed by atoms with Crippen LogP contribution in [0.5, 0.6) is 0 Å². The molecule has 1 unspecified atom stereocenters. The number of carbonyl (C=O) groups is 1. The summed E-state index contributed by atoms with van der Waals surface area (Å²) in [6.07, 6.45) is 4.50. The van der Waals surface area contributed by atoms with E-state index in [0.29, 0.717) is 5.92 Å². The van der Waals surface area contributed by atoms with Gasteiger partial charge in [0.25, 0.3) is 0 Å². The summed E-state index contributed by atoms with van der Waals surface area (Å²) in [5, 5.41) is 9.12. The summed E-state index contributed by atoms with van der Waals surface area (Å²) >= 11 is 0. The van der Waals surface area contributed by atoms with Gasteiger partial charge < -0.3 is 5.11 Å². The fourth-order valence-electron chi connectivity index (χ4n) is 2.45. The van der Waals surface area contributed by atoms with Crippen LogP contribution in [0.1, 0.15) is 32.6 Å². The molecule has 1 saturated carbocycles. The van der Waals surface area contributed by atoms with Crippen LogP contribution < -0.4 is 0 Å². The lowest BCUT2D eigenvalue weighted by molar-refractivity contribution is -0.145. The molecular weight excluding hydrogens is 178 g/mol. The molecule has 1 aliphatic rings. The summed E-state index contributed by atoms with van der Waals surface area (Å²) in [5.74, 6) is 0.455. The van der Waals surface area contributed by atoms with Gasteiger partial charge in [0.15, 0.2) is 0 Å². The molecule has 0 bridgehead atoms. The van der Waals surface area contributed by atoms with Crippen molar-refractivity contribution in [3.05, 3.63) is 0 Å². The van der Waals surface area contributed by atoms with Crippen LogP contribution in [0.25, 0.3) is 0 Å². The van der Waals surface area contributed by atoms with Gasteiger partial charge in [-0.25, -0.2) is 0 Å². The Balaban J connectivity index is 2.56. The molecule has 3 nitrogen and oxygen atoms in total. The third kappa shape index (κ3) is 2.71. The molecule has 1 N–H and O–H groups in total. The predicted molar refractivity (Wildman–Crippen MR) is 56.2 cm³/mol. The third-order valence-corrected chi connectivity index (χ3v) is 3.32. The Morgan fingerprint density at radius 1 is 1.29 bits per heavy atom. The first-order chi connectivity index (χ1) is 6.52. The quantitative estimate of drug-likeness (QED) is 0.754. The average molecular weight is 199 g/mol. The van der Waals surface area contributed by atoms with Crippen LogP contribution in [0.15, 0.2) is 0 Å². The minimum atomic E-state index is -0.672. The molecule has 0 spiro atoms. The molecule has 0 amide bonds. The zero-order chi connectivity index (χ0) is 10.7. The number of carboxylic acids is 1. The second kappa shape index (κ2) is 4.78. The van der Waals surface area contributed by atoms with Crippen molar-refractivity contribution in [2.45, 2.75) is 38.6 Å². The minimum absolute atomic E-state index is 0.289. The molecular formula is C11H21NO2. The standard InChI is InChI=1S/C11H21NO2/c1-8-4-6-9(7-5-8)10(11(13)14)12(2)3/h8-10H,4-7H2,1-3H3,(H,13,14). The zero-order valence-electron chi connectivity index (χ0n) is 9.36. The molecule has 1 rings (SSSR count). The smallest absolute Gasteiger partial charge is 0.321 e. The van der Waals surface area contributed by atoms with Crippen LogP contribution >= 0.6 is 0 Å². The second-order valence-electron chi connectivity index (χ2n) is 4.77. The Morgan fingerprint density at radius 2 is 1.79 bits per heavy atom. The van der Waals surface area contributed by atoms with E-state index in [0.717, 1.165) is 18.8 Å². The highest BCUT2D eigenvalue weighted by molar-refractivity contribution is 5.73. The Hall–Kier alpha value is -0.570. The van der Waals surface area contributed by atoms with Crippen molar-refractivity contribution in [1.82, 2.24) is 4.90 Å². The third-order valence-electron chi connectivity index (χ3n) is 3.32. The van der Waals surface area contributed by atoms with Crippen LogP contribution in [-0.4, -0.2) is 36.1 Å². The fraction of sp³-hybridized carbons (Fsp3) is 0.909. The van der Waals surface area contributed by atoms with E-state index >= 15 is 0 Å². The van der Waals surface area contributed by atoms with Gasteiger partial charge in [0.1, 0.15) is 6.04 Å². The van der Waals surface area contributed by atoms with E-state index < -0.39 is 5.97 Å². The summed E-state index contributed by atoms with van der Waals surface area (Å²) in [5.41, 5.74) is 0. The highest BCUT2D eigenvalue weighted by Crippen LogP contribution is 2.31. The van der Waals surface area contributed by atoms with Gasteiger partial charge in [-0.2, -0.15) is 0 Å². The number of hydrogen-bond donors (Lipinski definition) is 1. The molecule has 1 fully saturated rings. The molecule has 14 heavy (non-hydrogen) atoms. The van der Waals surface area contributed by atoms with Crippen LogP contribution in [0, 0.1) is 11.8 Å². The highest BCUT2D eigenvalue weighted by atomic mass is 16.4. The lowest BCUT2D eigenvalue weighted by atomic mass is 9.79. The van der Waals surface area contributed by atoms with Gasteiger partial charge in [-0.15, -0.1) is 0 Å². The summed E-state index contributed by atoms with van der Waals surface area (Å²) in [7, 11) is 3.72. The zero-order valence-corrected chi connectivity index (χ0v) is 9.36. The SMILES string of the molecule is CC1CCC(C(C(=O)O)N(C)C)CC1. The minimum Gasteiger partial charge on any atom is -0.480 e. The van der Waals surface area contributed by atoms with Gasteiger partial charge in [-0.1, -0.05) is 19.8 Å². The highest BCUT2D eigenvalue weighted by Gasteiger charge is 2.32. The molecule has 0 aromatic heterocycles. The maximum atomic E-state index is 11.1. The lowest BCUT2D eigenvalue weighted by Crippen LogP contribution is -2.43. The second-order valence-corrected chi connectivity index (χ2v) is 4.77. The molecule has 1 atom stereocenters. The topological polar surface area (TPSA) is 40.5 Å². The Bertz CT molecular complexity index is 195. The number of aliphatic carboxylic acids is 1. The largest absolute Gasteiger partial charge is 0.480 e. The summed E-state index contributed by atoms with van der Waals surface area (Å²) in [6.45, 7) is 2.25. The van der Waals surface area contributed by atoms with Gasteiger partial charge in [0.05, 0.1) is 0 Å². The van der Waals surface area contributed by atoms with E-state index in [1.165, 1.54) is 12.8 Å². The van der Waals surface area contributed by atoms with E-state index in [2.05, 4.69) is 6.92 Å². The maximum Gasteiger partial charge on any atom is 0.321 e. The molecule has 0 aromatic rings. The summed E-state index contributed by atoms with van der Waals surface area (Å²) in [6, 6.07) is -0.289. The maximum absolute atomic E-state index is 11.1. The first-order valence-corrected chi connectivity index (χ1v) is 5.41. The Labute approximate surface area is 86.1 Å². The summed E-state index contributed by atoms with van der Waals surface area (Å²) in [4.78, 5) is 12.9. The van der Waals surface area contributed by atoms with E-state index in [1.54, 1.807) is 0 Å². The first kappa shape index (κ1) is 11.5. The van der Waals surface area contributed by atoms with E-state index in [1.807, 2.05) is 19.0 Å². The average Bonchev–Trinajstić information content (AvgIpc) is 2.07. The number of nitrogens with zero attached hydrogens (tertiary/aromatic N) is 1. The molecule has 3 heteroatoms. The van der Waals surface area contributed by atoms with Crippen molar-refractivity contribution < 1.29 is 9.90 Å². The number of carboxylic acid groups (broad SMARTS) is 1. The van der Waals surface area contributed by atoms with E-state index in [-0.39, 0.29) is 6.04 Å². The van der Waals surface area contributed by atoms with Gasteiger partial charge in [-0.05, 0) is 38.8 Å². The predicted octanol–water partition coefficient (Wildman–Crippen LogP) is 1.83. The molecule has 82 valence electrons. The molecule has 0 heterocycles. The number of hydrogen-bond acceptors (Lipinski definition) is 2. The van der Waals surface area contributed by atoms with Crippen LogP contribution in [0.2, 0.25) is 0 Å². The molecule has 0 aliphatic heterocycles. The van der Waals surface area contributed by atoms with E-state index in [9.17, 15) is 4.79 Å². The van der Waals surface area contributed by atoms with E-state index in [4.69, 9.17) is 5.11 Å². The summed E-state index contributed by atoms with van der Waals surface area (Å²) < 4.78 is 0.